The Morgan fingerprint density at radius 3 is 3.18 bits per heavy atom. The van der Waals surface area contributed by atoms with Gasteiger partial charge in [-0.25, -0.2) is 0 Å². The van der Waals surface area contributed by atoms with Crippen LogP contribution < -0.4 is 9.96 Å². The maximum absolute atomic E-state index is 11.8. The Balaban J connectivity index is 2.27. The molecule has 0 amide bonds. The summed E-state index contributed by atoms with van der Waals surface area (Å²) >= 11 is 1.43. The first-order chi connectivity index (χ1) is 5.31. The van der Waals surface area contributed by atoms with Crippen LogP contribution in [-0.4, -0.2) is 24.7 Å². The molecule has 1 aliphatic rings. The first kappa shape index (κ1) is 7.17. The monoisotopic (exact) mass is 171 g/mol. The third-order valence-corrected chi connectivity index (χ3v) is 2.69. The molecule has 0 saturated carbocycles. The summed E-state index contributed by atoms with van der Waals surface area (Å²) < 4.78 is -0.294. The van der Waals surface area contributed by atoms with Gasteiger partial charge in [-0.2, -0.15) is 4.98 Å². The highest BCUT2D eigenvalue weighted by molar-refractivity contribution is 7.13. The fourth-order valence-corrected chi connectivity index (χ4v) is 1.89. The molecule has 0 bridgehead atoms. The van der Waals surface area contributed by atoms with Crippen molar-refractivity contribution in [2.75, 3.05) is 19.8 Å². The molecular weight excluding hydrogens is 162 g/mol. The summed E-state index contributed by atoms with van der Waals surface area (Å²) in [6, 6.07) is 0. The Kier molecular flexibility index (Phi) is 1.65. The summed E-state index contributed by atoms with van der Waals surface area (Å²) in [5.41, 5.74) is 0. The van der Waals surface area contributed by atoms with Gasteiger partial charge < -0.3 is 5.21 Å². The van der Waals surface area contributed by atoms with Crippen molar-refractivity contribution in [3.05, 3.63) is 16.8 Å². The average Bonchev–Trinajstić information content (AvgIpc) is 2.55. The molecule has 1 aromatic rings. The molecule has 1 aromatic heterocycles. The van der Waals surface area contributed by atoms with Crippen molar-refractivity contribution >= 4 is 16.5 Å². The van der Waals surface area contributed by atoms with Gasteiger partial charge in [-0.1, -0.05) is 11.3 Å². The number of nitrogens with one attached hydrogen (secondary N) is 1. The summed E-state index contributed by atoms with van der Waals surface area (Å²) in [5.74, 6) is 0. The maximum Gasteiger partial charge on any atom is 0.287 e. The highest BCUT2D eigenvalue weighted by Crippen LogP contribution is 2.24. The zero-order chi connectivity index (χ0) is 7.73. The van der Waals surface area contributed by atoms with E-state index in [0.29, 0.717) is 18.3 Å². The molecule has 1 fully saturated rings. The van der Waals surface area contributed by atoms with Gasteiger partial charge in [0.1, 0.15) is 6.67 Å². The van der Waals surface area contributed by atoms with Gasteiger partial charge in [0.05, 0.1) is 13.1 Å². The fourth-order valence-electron chi connectivity index (χ4n) is 1.18. The van der Waals surface area contributed by atoms with E-state index in [1.165, 1.54) is 11.3 Å². The number of hydrogen-bond acceptors (Lipinski definition) is 4. The minimum Gasteiger partial charge on any atom is -0.625 e. The molecule has 11 heavy (non-hydrogen) atoms. The number of aromatic nitrogens is 1. The lowest BCUT2D eigenvalue weighted by Crippen LogP contribution is -2.41. The number of nitrogens with zero attached hydrogens (tertiary/aromatic N) is 2. The second-order valence-corrected chi connectivity index (χ2v) is 3.46. The van der Waals surface area contributed by atoms with Crippen molar-refractivity contribution in [2.24, 2.45) is 0 Å². The quantitative estimate of drug-likeness (QED) is 0.494. The first-order valence-electron chi connectivity index (χ1n) is 3.50. The SMILES string of the molecule is [O-][N+]1(c2nccs2)CCNC1. The van der Waals surface area contributed by atoms with Gasteiger partial charge >= 0.3 is 0 Å². The first-order valence-corrected chi connectivity index (χ1v) is 4.38. The van der Waals surface area contributed by atoms with Gasteiger partial charge in [0.25, 0.3) is 5.13 Å². The van der Waals surface area contributed by atoms with Crippen molar-refractivity contribution in [3.8, 4) is 0 Å². The third kappa shape index (κ3) is 1.16. The van der Waals surface area contributed by atoms with Crippen LogP contribution >= 0.6 is 11.3 Å². The summed E-state index contributed by atoms with van der Waals surface area (Å²) in [4.78, 5) is 4.01. The van der Waals surface area contributed by atoms with E-state index in [2.05, 4.69) is 10.3 Å². The number of quaternary nitrogens is 1. The molecule has 1 N–H and O–H groups in total. The predicted molar refractivity (Wildman–Crippen MR) is 45.0 cm³/mol. The number of thiazole rings is 1. The van der Waals surface area contributed by atoms with E-state index in [9.17, 15) is 5.21 Å². The molecule has 60 valence electrons. The fraction of sp³-hybridized carbons (Fsp3) is 0.500. The number of rotatable bonds is 1. The predicted octanol–water partition coefficient (Wildman–Crippen LogP) is 0.509. The molecule has 1 aliphatic heterocycles. The van der Waals surface area contributed by atoms with Gasteiger partial charge in [-0.3, -0.25) is 9.96 Å². The summed E-state index contributed by atoms with van der Waals surface area (Å²) in [5, 5.41) is 17.3. The minimum atomic E-state index is -0.294. The standard InChI is InChI=1S/C6H9N3OS/c10-9(3-1-7-5-9)6-8-2-4-11-6/h2,4,7H,1,3,5H2. The Labute approximate surface area is 68.6 Å². The maximum atomic E-state index is 11.8. The van der Waals surface area contributed by atoms with E-state index < -0.39 is 0 Å². The summed E-state index contributed by atoms with van der Waals surface area (Å²) in [6.45, 7) is 1.87. The van der Waals surface area contributed by atoms with E-state index in [1.807, 2.05) is 5.38 Å². The van der Waals surface area contributed by atoms with Gasteiger partial charge in [0.2, 0.25) is 0 Å². The molecular formula is C6H9N3OS. The van der Waals surface area contributed by atoms with Crippen LogP contribution in [0.4, 0.5) is 5.13 Å². The van der Waals surface area contributed by atoms with Crippen molar-refractivity contribution in [1.82, 2.24) is 14.9 Å². The molecule has 0 spiro atoms. The zero-order valence-electron chi connectivity index (χ0n) is 5.99. The molecule has 1 saturated heterocycles. The van der Waals surface area contributed by atoms with Gasteiger partial charge in [0, 0.05) is 11.6 Å². The summed E-state index contributed by atoms with van der Waals surface area (Å²) in [6.07, 6.45) is 1.68. The van der Waals surface area contributed by atoms with Crippen LogP contribution in [0, 0.1) is 5.21 Å². The van der Waals surface area contributed by atoms with Gasteiger partial charge in [-0.05, 0) is 0 Å². The van der Waals surface area contributed by atoms with Crippen molar-refractivity contribution < 1.29 is 0 Å². The van der Waals surface area contributed by atoms with Crippen molar-refractivity contribution in [2.45, 2.75) is 0 Å². The second-order valence-electron chi connectivity index (χ2n) is 2.59. The van der Waals surface area contributed by atoms with Crippen molar-refractivity contribution in [1.29, 1.82) is 0 Å². The molecule has 0 aromatic carbocycles. The highest BCUT2D eigenvalue weighted by atomic mass is 32.1. The zero-order valence-corrected chi connectivity index (χ0v) is 6.80. The Morgan fingerprint density at radius 2 is 2.64 bits per heavy atom. The molecule has 5 heteroatoms. The smallest absolute Gasteiger partial charge is 0.287 e. The van der Waals surface area contributed by atoms with Crippen LogP contribution in [0.2, 0.25) is 0 Å². The van der Waals surface area contributed by atoms with Gasteiger partial charge in [-0.15, -0.1) is 0 Å². The third-order valence-electron chi connectivity index (χ3n) is 1.78. The lowest BCUT2D eigenvalue weighted by Gasteiger charge is -2.33. The Morgan fingerprint density at radius 1 is 1.73 bits per heavy atom. The molecule has 2 rings (SSSR count). The Hall–Kier alpha value is -0.490. The van der Waals surface area contributed by atoms with Gasteiger partial charge in [0.15, 0.2) is 0 Å². The van der Waals surface area contributed by atoms with Crippen LogP contribution in [0.25, 0.3) is 0 Å². The van der Waals surface area contributed by atoms with E-state index in [-0.39, 0.29) is 4.65 Å². The van der Waals surface area contributed by atoms with Crippen LogP contribution in [0.3, 0.4) is 0 Å². The largest absolute Gasteiger partial charge is 0.625 e. The minimum absolute atomic E-state index is 0.294. The summed E-state index contributed by atoms with van der Waals surface area (Å²) in [7, 11) is 0. The molecule has 1 unspecified atom stereocenters. The normalized spacial score (nSPS) is 31.0. The second kappa shape index (κ2) is 2.53. The lowest BCUT2D eigenvalue weighted by atomic mass is 10.6. The molecule has 0 radical (unpaired) electrons. The highest BCUT2D eigenvalue weighted by Gasteiger charge is 2.27. The van der Waals surface area contributed by atoms with E-state index in [4.69, 9.17) is 0 Å². The van der Waals surface area contributed by atoms with Crippen LogP contribution in [-0.2, 0) is 0 Å². The molecule has 0 aliphatic carbocycles. The van der Waals surface area contributed by atoms with E-state index >= 15 is 0 Å². The molecule has 1 atom stereocenters. The number of hydrogen-bond donors (Lipinski definition) is 1. The molecule has 4 nitrogen and oxygen atoms in total. The average molecular weight is 171 g/mol. The van der Waals surface area contributed by atoms with Crippen LogP contribution in [0.1, 0.15) is 0 Å². The molecule has 2 heterocycles. The Bertz CT molecular complexity index is 230. The van der Waals surface area contributed by atoms with Crippen molar-refractivity contribution in [3.63, 3.8) is 0 Å². The van der Waals surface area contributed by atoms with E-state index in [1.54, 1.807) is 6.20 Å². The topological polar surface area (TPSA) is 48.0 Å². The number of hydroxylamine groups is 2. The van der Waals surface area contributed by atoms with Crippen LogP contribution in [0.15, 0.2) is 11.6 Å². The lowest BCUT2D eigenvalue weighted by molar-refractivity contribution is 0.447. The van der Waals surface area contributed by atoms with E-state index in [0.717, 1.165) is 6.54 Å². The van der Waals surface area contributed by atoms with Crippen LogP contribution in [0.5, 0.6) is 0 Å².